The lowest BCUT2D eigenvalue weighted by atomic mass is 10.2. The highest BCUT2D eigenvalue weighted by Crippen LogP contribution is 2.19. The topological polar surface area (TPSA) is 38.3 Å². The highest BCUT2D eigenvalue weighted by atomic mass is 32.2. The summed E-state index contributed by atoms with van der Waals surface area (Å²) in [5, 5.41) is 2.87. The number of anilines is 1. The molecule has 2 rings (SSSR count). The standard InChI is InChI=1S/C17H18FNO2S/c1-22-16-5-2-4-14(12-16)19-17(20)6-3-11-21-15-9-7-13(18)8-10-15/h2,4-5,7-10,12H,3,6,11H2,1H3,(H,19,20). The molecule has 0 bridgehead atoms. The van der Waals surface area contributed by atoms with E-state index in [4.69, 9.17) is 4.74 Å². The maximum absolute atomic E-state index is 12.7. The zero-order valence-electron chi connectivity index (χ0n) is 12.3. The van der Waals surface area contributed by atoms with E-state index in [1.54, 1.807) is 23.9 Å². The number of carbonyl (C=O) groups excluding carboxylic acids is 1. The molecule has 2 aromatic carbocycles. The lowest BCUT2D eigenvalue weighted by Crippen LogP contribution is -2.12. The summed E-state index contributed by atoms with van der Waals surface area (Å²) >= 11 is 1.63. The lowest BCUT2D eigenvalue weighted by Gasteiger charge is -2.08. The Kier molecular flexibility index (Phi) is 6.27. The van der Waals surface area contributed by atoms with E-state index in [0.29, 0.717) is 25.2 Å². The van der Waals surface area contributed by atoms with Crippen LogP contribution < -0.4 is 10.1 Å². The van der Waals surface area contributed by atoms with Crippen LogP contribution in [-0.2, 0) is 4.79 Å². The molecule has 0 aromatic heterocycles. The zero-order valence-corrected chi connectivity index (χ0v) is 13.2. The minimum atomic E-state index is -0.292. The normalized spacial score (nSPS) is 10.3. The van der Waals surface area contributed by atoms with Crippen LogP contribution in [-0.4, -0.2) is 18.8 Å². The summed E-state index contributed by atoms with van der Waals surface area (Å²) in [5.74, 6) is 0.273. The maximum Gasteiger partial charge on any atom is 0.224 e. The number of thioether (sulfide) groups is 1. The molecule has 22 heavy (non-hydrogen) atoms. The van der Waals surface area contributed by atoms with Crippen molar-refractivity contribution < 1.29 is 13.9 Å². The molecular formula is C17H18FNO2S. The van der Waals surface area contributed by atoms with Crippen molar-refractivity contribution >= 4 is 23.4 Å². The Morgan fingerprint density at radius 2 is 2.00 bits per heavy atom. The largest absolute Gasteiger partial charge is 0.494 e. The molecular weight excluding hydrogens is 301 g/mol. The molecule has 5 heteroatoms. The average Bonchev–Trinajstić information content (AvgIpc) is 2.53. The molecule has 0 atom stereocenters. The number of benzene rings is 2. The van der Waals surface area contributed by atoms with Gasteiger partial charge < -0.3 is 10.1 Å². The molecule has 0 radical (unpaired) electrons. The summed E-state index contributed by atoms with van der Waals surface area (Å²) in [6, 6.07) is 13.6. The van der Waals surface area contributed by atoms with Gasteiger partial charge in [0.25, 0.3) is 0 Å². The fourth-order valence-electron chi connectivity index (χ4n) is 1.88. The first-order chi connectivity index (χ1) is 10.7. The fraction of sp³-hybridized carbons (Fsp3) is 0.235. The average molecular weight is 319 g/mol. The Morgan fingerprint density at radius 3 is 2.73 bits per heavy atom. The summed E-state index contributed by atoms with van der Waals surface area (Å²) in [6.07, 6.45) is 2.98. The Bertz CT molecular complexity index is 616. The molecule has 0 fully saturated rings. The van der Waals surface area contributed by atoms with E-state index < -0.39 is 0 Å². The predicted molar refractivity (Wildman–Crippen MR) is 88.0 cm³/mol. The van der Waals surface area contributed by atoms with Gasteiger partial charge in [0, 0.05) is 17.0 Å². The summed E-state index contributed by atoms with van der Waals surface area (Å²) in [7, 11) is 0. The number of amides is 1. The number of ether oxygens (including phenoxy) is 1. The van der Waals surface area contributed by atoms with Crippen molar-refractivity contribution in [2.45, 2.75) is 17.7 Å². The molecule has 2 aromatic rings. The summed E-state index contributed by atoms with van der Waals surface area (Å²) in [4.78, 5) is 13.0. The molecule has 0 saturated heterocycles. The molecule has 0 heterocycles. The molecule has 3 nitrogen and oxygen atoms in total. The second-order valence-electron chi connectivity index (χ2n) is 4.69. The van der Waals surface area contributed by atoms with Crippen LogP contribution in [0.15, 0.2) is 53.4 Å². The van der Waals surface area contributed by atoms with Gasteiger partial charge in [0.15, 0.2) is 0 Å². The van der Waals surface area contributed by atoms with Crippen LogP contribution in [0, 0.1) is 5.82 Å². The van der Waals surface area contributed by atoms with Gasteiger partial charge in [0.1, 0.15) is 11.6 Å². The first-order valence-corrected chi connectivity index (χ1v) is 8.22. The molecule has 1 amide bonds. The van der Waals surface area contributed by atoms with Gasteiger partial charge in [-0.25, -0.2) is 4.39 Å². The molecule has 0 aliphatic carbocycles. The van der Waals surface area contributed by atoms with Crippen LogP contribution >= 0.6 is 11.8 Å². The molecule has 0 spiro atoms. The molecule has 116 valence electrons. The first kappa shape index (κ1) is 16.4. The van der Waals surface area contributed by atoms with Crippen LogP contribution in [0.3, 0.4) is 0 Å². The van der Waals surface area contributed by atoms with Crippen molar-refractivity contribution in [3.63, 3.8) is 0 Å². The van der Waals surface area contributed by atoms with Crippen LogP contribution in [0.1, 0.15) is 12.8 Å². The van der Waals surface area contributed by atoms with Gasteiger partial charge in [-0.1, -0.05) is 6.07 Å². The van der Waals surface area contributed by atoms with Crippen molar-refractivity contribution in [1.29, 1.82) is 0 Å². The monoisotopic (exact) mass is 319 g/mol. The van der Waals surface area contributed by atoms with E-state index in [1.165, 1.54) is 12.1 Å². The number of nitrogens with one attached hydrogen (secondary N) is 1. The Labute approximate surface area is 133 Å². The van der Waals surface area contributed by atoms with Crippen LogP contribution in [0.4, 0.5) is 10.1 Å². The number of rotatable bonds is 7. The second kappa shape index (κ2) is 8.44. The molecule has 0 saturated carbocycles. The SMILES string of the molecule is CSc1cccc(NC(=O)CCCOc2ccc(F)cc2)c1. The highest BCUT2D eigenvalue weighted by Gasteiger charge is 2.03. The maximum atomic E-state index is 12.7. The molecule has 0 aliphatic heterocycles. The van der Waals surface area contributed by atoms with Crippen molar-refractivity contribution in [3.05, 3.63) is 54.3 Å². The van der Waals surface area contributed by atoms with Crippen LogP contribution in [0.25, 0.3) is 0 Å². The lowest BCUT2D eigenvalue weighted by molar-refractivity contribution is -0.116. The first-order valence-electron chi connectivity index (χ1n) is 6.99. The van der Waals surface area contributed by atoms with Crippen molar-refractivity contribution in [3.8, 4) is 5.75 Å². The van der Waals surface area contributed by atoms with Gasteiger partial charge >= 0.3 is 0 Å². The highest BCUT2D eigenvalue weighted by molar-refractivity contribution is 7.98. The van der Waals surface area contributed by atoms with Gasteiger partial charge in [-0.05, 0) is 55.1 Å². The second-order valence-corrected chi connectivity index (χ2v) is 5.57. The third-order valence-corrected chi connectivity index (χ3v) is 3.71. The number of carbonyl (C=O) groups is 1. The van der Waals surface area contributed by atoms with E-state index in [0.717, 1.165) is 10.6 Å². The molecule has 0 unspecified atom stereocenters. The van der Waals surface area contributed by atoms with Crippen LogP contribution in [0.2, 0.25) is 0 Å². The zero-order chi connectivity index (χ0) is 15.8. The minimum absolute atomic E-state index is 0.0408. The van der Waals surface area contributed by atoms with E-state index in [1.807, 2.05) is 30.5 Å². The summed E-state index contributed by atoms with van der Waals surface area (Å²) in [5.41, 5.74) is 0.802. The minimum Gasteiger partial charge on any atom is -0.494 e. The Balaban J connectivity index is 1.70. The predicted octanol–water partition coefficient (Wildman–Crippen LogP) is 4.35. The van der Waals surface area contributed by atoms with Crippen molar-refractivity contribution in [2.24, 2.45) is 0 Å². The third-order valence-electron chi connectivity index (χ3n) is 2.98. The van der Waals surface area contributed by atoms with Crippen molar-refractivity contribution in [1.82, 2.24) is 0 Å². The van der Waals surface area contributed by atoms with Crippen molar-refractivity contribution in [2.75, 3.05) is 18.2 Å². The number of halogens is 1. The Hall–Kier alpha value is -2.01. The smallest absolute Gasteiger partial charge is 0.224 e. The number of hydrogen-bond acceptors (Lipinski definition) is 3. The van der Waals surface area contributed by atoms with Gasteiger partial charge in [0.2, 0.25) is 5.91 Å². The molecule has 0 aliphatic rings. The summed E-state index contributed by atoms with van der Waals surface area (Å²) in [6.45, 7) is 0.421. The number of hydrogen-bond donors (Lipinski definition) is 1. The summed E-state index contributed by atoms with van der Waals surface area (Å²) < 4.78 is 18.2. The van der Waals surface area contributed by atoms with Crippen LogP contribution in [0.5, 0.6) is 5.75 Å². The Morgan fingerprint density at radius 1 is 1.23 bits per heavy atom. The van der Waals surface area contributed by atoms with E-state index in [-0.39, 0.29) is 11.7 Å². The van der Waals surface area contributed by atoms with Gasteiger partial charge in [-0.2, -0.15) is 0 Å². The third kappa shape index (κ3) is 5.41. The van der Waals surface area contributed by atoms with E-state index in [2.05, 4.69) is 5.32 Å². The quantitative estimate of drug-likeness (QED) is 0.609. The van der Waals surface area contributed by atoms with Gasteiger partial charge in [-0.3, -0.25) is 4.79 Å². The van der Waals surface area contributed by atoms with E-state index >= 15 is 0 Å². The van der Waals surface area contributed by atoms with Gasteiger partial charge in [0.05, 0.1) is 6.61 Å². The van der Waals surface area contributed by atoms with Gasteiger partial charge in [-0.15, -0.1) is 11.8 Å². The molecule has 1 N–H and O–H groups in total. The fourth-order valence-corrected chi connectivity index (χ4v) is 2.34. The van der Waals surface area contributed by atoms with E-state index in [9.17, 15) is 9.18 Å².